The van der Waals surface area contributed by atoms with E-state index in [1.54, 1.807) is 6.92 Å². The molecule has 0 atom stereocenters. The molecule has 28 heavy (non-hydrogen) atoms. The number of alkyl halides is 3. The zero-order chi connectivity index (χ0) is 20.9. The molecule has 1 aliphatic rings. The Hall–Kier alpha value is -1.48. The van der Waals surface area contributed by atoms with Crippen molar-refractivity contribution in [2.75, 3.05) is 18.0 Å². The van der Waals surface area contributed by atoms with Crippen molar-refractivity contribution in [3.63, 3.8) is 0 Å². The fourth-order valence-electron chi connectivity index (χ4n) is 3.18. The van der Waals surface area contributed by atoms with E-state index < -0.39 is 15.5 Å². The maximum absolute atomic E-state index is 13.0. The number of anilines is 1. The molecule has 0 unspecified atom stereocenters. The van der Waals surface area contributed by atoms with Gasteiger partial charge in [-0.15, -0.1) is 0 Å². The summed E-state index contributed by atoms with van der Waals surface area (Å²) in [5, 5.41) is 4.34. The lowest BCUT2D eigenvalue weighted by atomic mass is 9.90. The standard InChI is InChI=1S/C18H24ClF3N2O3S/c1-3-16(23-27-12-13-7-5-4-6-8-13)15-11-14(19)9-10-17(15)24(2)28(25,26)18(20,21)22/h9-11,13H,3-8,12H2,1-2H3. The van der Waals surface area contributed by atoms with Crippen molar-refractivity contribution in [1.29, 1.82) is 0 Å². The predicted molar refractivity (Wildman–Crippen MR) is 104 cm³/mol. The highest BCUT2D eigenvalue weighted by atomic mass is 35.5. The van der Waals surface area contributed by atoms with Gasteiger partial charge < -0.3 is 4.84 Å². The average molecular weight is 441 g/mol. The lowest BCUT2D eigenvalue weighted by molar-refractivity contribution is -0.0437. The Morgan fingerprint density at radius 1 is 1.29 bits per heavy atom. The lowest BCUT2D eigenvalue weighted by Gasteiger charge is -2.24. The summed E-state index contributed by atoms with van der Waals surface area (Å²) >= 11 is 6.00. The van der Waals surface area contributed by atoms with E-state index >= 15 is 0 Å². The van der Waals surface area contributed by atoms with Crippen molar-refractivity contribution in [2.24, 2.45) is 11.1 Å². The van der Waals surface area contributed by atoms with Gasteiger partial charge in [-0.25, -0.2) is 0 Å². The van der Waals surface area contributed by atoms with Gasteiger partial charge in [0.15, 0.2) is 0 Å². The van der Waals surface area contributed by atoms with Gasteiger partial charge in [0.25, 0.3) is 0 Å². The van der Waals surface area contributed by atoms with Crippen LogP contribution in [0.25, 0.3) is 0 Å². The van der Waals surface area contributed by atoms with Crippen LogP contribution in [-0.4, -0.2) is 33.3 Å². The molecule has 0 saturated heterocycles. The maximum atomic E-state index is 13.0. The number of hydrogen-bond acceptors (Lipinski definition) is 4. The molecule has 5 nitrogen and oxygen atoms in total. The Labute approximate surface area is 168 Å². The molecule has 1 aromatic rings. The minimum absolute atomic E-state index is 0.163. The lowest BCUT2D eigenvalue weighted by Crippen LogP contribution is -2.38. The van der Waals surface area contributed by atoms with Gasteiger partial charge in [-0.1, -0.05) is 42.9 Å². The summed E-state index contributed by atoms with van der Waals surface area (Å²) in [6, 6.07) is 3.96. The van der Waals surface area contributed by atoms with E-state index in [0.29, 0.717) is 24.7 Å². The minimum Gasteiger partial charge on any atom is -0.395 e. The van der Waals surface area contributed by atoms with E-state index in [0.717, 1.165) is 32.7 Å². The molecule has 1 aliphatic carbocycles. The van der Waals surface area contributed by atoms with Gasteiger partial charge in [0.05, 0.1) is 11.4 Å². The molecule has 0 aliphatic heterocycles. The highest BCUT2D eigenvalue weighted by Gasteiger charge is 2.49. The molecular weight excluding hydrogens is 417 g/mol. The molecule has 0 aromatic heterocycles. The normalized spacial score (nSPS) is 16.9. The maximum Gasteiger partial charge on any atom is 0.516 e. The van der Waals surface area contributed by atoms with Crippen molar-refractivity contribution >= 4 is 33.0 Å². The van der Waals surface area contributed by atoms with Crippen molar-refractivity contribution in [3.8, 4) is 0 Å². The molecule has 0 bridgehead atoms. The second kappa shape index (κ2) is 9.35. The number of nitrogens with zero attached hydrogens (tertiary/aromatic N) is 2. The van der Waals surface area contributed by atoms with Crippen LogP contribution in [0, 0.1) is 5.92 Å². The van der Waals surface area contributed by atoms with Crippen molar-refractivity contribution in [1.82, 2.24) is 0 Å². The fraction of sp³-hybridized carbons (Fsp3) is 0.611. The summed E-state index contributed by atoms with van der Waals surface area (Å²) in [6.45, 7) is 2.18. The molecule has 158 valence electrons. The van der Waals surface area contributed by atoms with Crippen LogP contribution in [0.15, 0.2) is 23.4 Å². The first-order chi connectivity index (χ1) is 13.1. The molecule has 0 heterocycles. The summed E-state index contributed by atoms with van der Waals surface area (Å²) in [7, 11) is -4.70. The first-order valence-corrected chi connectivity index (χ1v) is 10.9. The number of sulfonamides is 1. The van der Waals surface area contributed by atoms with E-state index in [2.05, 4.69) is 5.16 Å². The fourth-order valence-corrected chi connectivity index (χ4v) is 4.08. The van der Waals surface area contributed by atoms with Gasteiger partial charge in [-0.05, 0) is 43.4 Å². The van der Waals surface area contributed by atoms with Gasteiger partial charge in [0.2, 0.25) is 0 Å². The molecule has 0 radical (unpaired) electrons. The summed E-state index contributed by atoms with van der Waals surface area (Å²) < 4.78 is 62.7. The number of benzene rings is 1. The van der Waals surface area contributed by atoms with Crippen LogP contribution < -0.4 is 4.31 Å². The highest BCUT2D eigenvalue weighted by molar-refractivity contribution is 7.93. The number of rotatable bonds is 7. The summed E-state index contributed by atoms with van der Waals surface area (Å²) in [6.07, 6.45) is 5.97. The molecule has 1 saturated carbocycles. The Bertz CT molecular complexity index is 807. The van der Waals surface area contributed by atoms with Crippen molar-refractivity contribution in [2.45, 2.75) is 51.0 Å². The first kappa shape index (κ1) is 22.8. The Kier molecular flexibility index (Phi) is 7.61. The van der Waals surface area contributed by atoms with Crippen LogP contribution >= 0.6 is 11.6 Å². The zero-order valence-corrected chi connectivity index (χ0v) is 17.4. The van der Waals surface area contributed by atoms with Crippen LogP contribution in [0.3, 0.4) is 0 Å². The average Bonchev–Trinajstić information content (AvgIpc) is 2.64. The van der Waals surface area contributed by atoms with E-state index in [-0.39, 0.29) is 20.6 Å². The van der Waals surface area contributed by atoms with Crippen LogP contribution in [0.4, 0.5) is 18.9 Å². The number of oxime groups is 1. The first-order valence-electron chi connectivity index (χ1n) is 9.12. The van der Waals surface area contributed by atoms with Gasteiger partial charge >= 0.3 is 15.5 Å². The van der Waals surface area contributed by atoms with Crippen LogP contribution in [0.1, 0.15) is 51.0 Å². The van der Waals surface area contributed by atoms with E-state index in [1.807, 2.05) is 0 Å². The quantitative estimate of drug-likeness (QED) is 0.425. The third-order valence-corrected chi connectivity index (χ3v) is 6.54. The van der Waals surface area contributed by atoms with Gasteiger partial charge in [-0.3, -0.25) is 4.31 Å². The summed E-state index contributed by atoms with van der Waals surface area (Å²) in [4.78, 5) is 5.46. The SMILES string of the molecule is CCC(=NOCC1CCCCC1)c1cc(Cl)ccc1N(C)S(=O)(=O)C(F)(F)F. The van der Waals surface area contributed by atoms with Gasteiger partial charge in [-0.2, -0.15) is 21.6 Å². The molecule has 1 fully saturated rings. The van der Waals surface area contributed by atoms with Crippen LogP contribution in [0.5, 0.6) is 0 Å². The largest absolute Gasteiger partial charge is 0.516 e. The Balaban J connectivity index is 2.31. The van der Waals surface area contributed by atoms with Crippen molar-refractivity contribution in [3.05, 3.63) is 28.8 Å². The van der Waals surface area contributed by atoms with Gasteiger partial charge in [0, 0.05) is 17.6 Å². The molecule has 0 N–H and O–H groups in total. The number of halogens is 4. The highest BCUT2D eigenvalue weighted by Crippen LogP contribution is 2.33. The molecule has 0 amide bonds. The second-order valence-corrected chi connectivity index (χ2v) is 9.17. The topological polar surface area (TPSA) is 59.0 Å². The van der Waals surface area contributed by atoms with E-state index in [1.165, 1.54) is 24.6 Å². The van der Waals surface area contributed by atoms with Crippen molar-refractivity contribution < 1.29 is 26.4 Å². The monoisotopic (exact) mass is 440 g/mol. The number of hydrogen-bond donors (Lipinski definition) is 0. The molecule has 10 heteroatoms. The third-order valence-electron chi connectivity index (χ3n) is 4.81. The van der Waals surface area contributed by atoms with E-state index in [9.17, 15) is 21.6 Å². The zero-order valence-electron chi connectivity index (χ0n) is 15.8. The molecule has 0 spiro atoms. The second-order valence-electron chi connectivity index (χ2n) is 6.77. The molecule has 1 aromatic carbocycles. The smallest absolute Gasteiger partial charge is 0.395 e. The molecular formula is C18H24ClF3N2O3S. The summed E-state index contributed by atoms with van der Waals surface area (Å²) in [5.74, 6) is 0.405. The molecule has 2 rings (SSSR count). The Morgan fingerprint density at radius 2 is 1.93 bits per heavy atom. The summed E-state index contributed by atoms with van der Waals surface area (Å²) in [5.41, 5.74) is -5.06. The van der Waals surface area contributed by atoms with Crippen LogP contribution in [0.2, 0.25) is 5.02 Å². The van der Waals surface area contributed by atoms with Crippen LogP contribution in [-0.2, 0) is 14.9 Å². The third kappa shape index (κ3) is 5.31. The predicted octanol–water partition coefficient (Wildman–Crippen LogP) is 5.34. The Morgan fingerprint density at radius 3 is 2.50 bits per heavy atom. The van der Waals surface area contributed by atoms with Gasteiger partial charge in [0.1, 0.15) is 6.61 Å². The minimum atomic E-state index is -5.55. The van der Waals surface area contributed by atoms with E-state index in [4.69, 9.17) is 16.4 Å².